The molecule has 4 aromatic rings. The molecule has 0 aliphatic rings. The van der Waals surface area contributed by atoms with Crippen molar-refractivity contribution in [3.05, 3.63) is 48.5 Å². The smallest absolute Gasteiger partial charge is 0.237 e. The summed E-state index contributed by atoms with van der Waals surface area (Å²) in [6.45, 7) is 0. The molecule has 0 unspecified atom stereocenters. The van der Waals surface area contributed by atoms with E-state index in [1.54, 1.807) is 20.3 Å². The van der Waals surface area contributed by atoms with Gasteiger partial charge in [-0.1, -0.05) is 23.0 Å². The van der Waals surface area contributed by atoms with E-state index in [0.29, 0.717) is 29.0 Å². The predicted octanol–water partition coefficient (Wildman–Crippen LogP) is 3.09. The van der Waals surface area contributed by atoms with Gasteiger partial charge >= 0.3 is 0 Å². The molecular weight excluding hydrogens is 354 g/mol. The molecule has 3 aromatic heterocycles. The molecule has 0 spiro atoms. The van der Waals surface area contributed by atoms with Crippen LogP contribution in [0.1, 0.15) is 5.89 Å². The van der Waals surface area contributed by atoms with Crippen LogP contribution in [-0.2, 0) is 5.75 Å². The third kappa shape index (κ3) is 3.08. The number of rotatable bonds is 6. The lowest BCUT2D eigenvalue weighted by Crippen LogP contribution is -1.92. The maximum absolute atomic E-state index is 5.39. The van der Waals surface area contributed by atoms with E-state index in [-0.39, 0.29) is 0 Å². The summed E-state index contributed by atoms with van der Waals surface area (Å²) in [6.07, 6.45) is 1.92. The first-order chi connectivity index (χ1) is 12.8. The van der Waals surface area contributed by atoms with Crippen molar-refractivity contribution in [1.29, 1.82) is 0 Å². The maximum atomic E-state index is 5.39. The molecule has 1 aromatic carbocycles. The number of pyridine rings is 1. The average molecular weight is 369 g/mol. The number of fused-ring (bicyclic) bond motifs is 1. The molecule has 0 N–H and O–H groups in total. The Hall–Kier alpha value is -3.07. The third-order valence-electron chi connectivity index (χ3n) is 3.72. The normalized spacial score (nSPS) is 11.0. The molecular formula is C17H15N5O3S. The van der Waals surface area contributed by atoms with Gasteiger partial charge in [0, 0.05) is 12.3 Å². The van der Waals surface area contributed by atoms with E-state index in [1.165, 1.54) is 11.8 Å². The van der Waals surface area contributed by atoms with Crippen LogP contribution in [0.3, 0.4) is 0 Å². The molecule has 0 fully saturated rings. The van der Waals surface area contributed by atoms with Crippen LogP contribution in [0, 0.1) is 0 Å². The van der Waals surface area contributed by atoms with Crippen molar-refractivity contribution in [2.24, 2.45) is 0 Å². The minimum Gasteiger partial charge on any atom is -0.497 e. The second kappa shape index (κ2) is 7.04. The van der Waals surface area contributed by atoms with Gasteiger partial charge < -0.3 is 14.0 Å². The SMILES string of the molecule is COc1ccc(-c2noc(CSc3nnc4ccccn34)n2)c(OC)c1. The minimum atomic E-state index is 0.464. The number of ether oxygens (including phenoxy) is 2. The summed E-state index contributed by atoms with van der Waals surface area (Å²) in [6, 6.07) is 11.2. The minimum absolute atomic E-state index is 0.464. The zero-order chi connectivity index (χ0) is 17.9. The molecule has 4 rings (SSSR count). The molecule has 0 amide bonds. The number of benzene rings is 1. The molecule has 0 aliphatic heterocycles. The number of hydrogen-bond donors (Lipinski definition) is 0. The molecule has 0 saturated heterocycles. The first-order valence-electron chi connectivity index (χ1n) is 7.76. The fourth-order valence-electron chi connectivity index (χ4n) is 2.45. The van der Waals surface area contributed by atoms with Crippen molar-refractivity contribution < 1.29 is 14.0 Å². The van der Waals surface area contributed by atoms with E-state index < -0.39 is 0 Å². The van der Waals surface area contributed by atoms with Crippen LogP contribution >= 0.6 is 11.8 Å². The van der Waals surface area contributed by atoms with Crippen molar-refractivity contribution >= 4 is 17.4 Å². The van der Waals surface area contributed by atoms with E-state index in [4.69, 9.17) is 14.0 Å². The second-order valence-corrected chi connectivity index (χ2v) is 6.22. The Balaban J connectivity index is 1.53. The molecule has 9 heteroatoms. The van der Waals surface area contributed by atoms with Gasteiger partial charge in [0.2, 0.25) is 11.7 Å². The molecule has 0 aliphatic carbocycles. The van der Waals surface area contributed by atoms with E-state index >= 15 is 0 Å². The Morgan fingerprint density at radius 2 is 2.04 bits per heavy atom. The van der Waals surface area contributed by atoms with Crippen molar-refractivity contribution in [3.8, 4) is 22.9 Å². The van der Waals surface area contributed by atoms with Crippen LogP contribution in [0.25, 0.3) is 17.0 Å². The lowest BCUT2D eigenvalue weighted by Gasteiger charge is -2.07. The molecule has 26 heavy (non-hydrogen) atoms. The van der Waals surface area contributed by atoms with Gasteiger partial charge in [-0.05, 0) is 24.3 Å². The molecule has 0 radical (unpaired) electrons. The Labute approximate surface area is 153 Å². The van der Waals surface area contributed by atoms with Gasteiger partial charge in [0.25, 0.3) is 0 Å². The van der Waals surface area contributed by atoms with Crippen LogP contribution in [0.15, 0.2) is 52.3 Å². The van der Waals surface area contributed by atoms with Crippen molar-refractivity contribution in [2.45, 2.75) is 10.9 Å². The van der Waals surface area contributed by atoms with Crippen LogP contribution < -0.4 is 9.47 Å². The number of thioether (sulfide) groups is 1. The Bertz CT molecular complexity index is 1050. The summed E-state index contributed by atoms with van der Waals surface area (Å²) in [7, 11) is 3.19. The standard InChI is InChI=1S/C17H15N5O3S/c1-23-11-6-7-12(13(9-11)24-2)16-18-15(25-21-16)10-26-17-20-19-14-5-3-4-8-22(14)17/h3-9H,10H2,1-2H3. The summed E-state index contributed by atoms with van der Waals surface area (Å²) >= 11 is 1.48. The highest BCUT2D eigenvalue weighted by atomic mass is 32.2. The second-order valence-electron chi connectivity index (χ2n) is 5.28. The molecule has 132 valence electrons. The number of nitrogens with zero attached hydrogens (tertiary/aromatic N) is 5. The van der Waals surface area contributed by atoms with Crippen LogP contribution in [0.5, 0.6) is 11.5 Å². The van der Waals surface area contributed by atoms with E-state index in [1.807, 2.05) is 40.9 Å². The summed E-state index contributed by atoms with van der Waals surface area (Å²) in [5.41, 5.74) is 1.53. The highest BCUT2D eigenvalue weighted by Gasteiger charge is 2.15. The van der Waals surface area contributed by atoms with Gasteiger partial charge in [0.15, 0.2) is 10.8 Å². The first-order valence-corrected chi connectivity index (χ1v) is 8.74. The monoisotopic (exact) mass is 369 g/mol. The molecule has 3 heterocycles. The highest BCUT2D eigenvalue weighted by Crippen LogP contribution is 2.32. The Kier molecular flexibility index (Phi) is 4.44. The topological polar surface area (TPSA) is 87.6 Å². The Morgan fingerprint density at radius 3 is 2.88 bits per heavy atom. The van der Waals surface area contributed by atoms with Gasteiger partial charge in [0.05, 0.1) is 25.5 Å². The summed E-state index contributed by atoms with van der Waals surface area (Å²) < 4.78 is 17.9. The fourth-order valence-corrected chi connectivity index (χ4v) is 3.21. The van der Waals surface area contributed by atoms with Gasteiger partial charge in [-0.2, -0.15) is 4.98 Å². The number of methoxy groups -OCH3 is 2. The van der Waals surface area contributed by atoms with Crippen LogP contribution in [0.4, 0.5) is 0 Å². The molecule has 0 atom stereocenters. The third-order valence-corrected chi connectivity index (χ3v) is 4.65. The predicted molar refractivity (Wildman–Crippen MR) is 95.4 cm³/mol. The first kappa shape index (κ1) is 16.4. The molecule has 0 saturated carbocycles. The summed E-state index contributed by atoms with van der Waals surface area (Å²) in [4.78, 5) is 4.45. The quantitative estimate of drug-likeness (QED) is 0.479. The molecule has 0 bridgehead atoms. The zero-order valence-electron chi connectivity index (χ0n) is 14.1. The Morgan fingerprint density at radius 1 is 1.12 bits per heavy atom. The van der Waals surface area contributed by atoms with Crippen LogP contribution in [0.2, 0.25) is 0 Å². The highest BCUT2D eigenvalue weighted by molar-refractivity contribution is 7.98. The van der Waals surface area contributed by atoms with E-state index in [2.05, 4.69) is 20.3 Å². The van der Waals surface area contributed by atoms with Gasteiger partial charge in [-0.3, -0.25) is 4.40 Å². The van der Waals surface area contributed by atoms with Crippen molar-refractivity contribution in [1.82, 2.24) is 24.7 Å². The van der Waals surface area contributed by atoms with Crippen LogP contribution in [-0.4, -0.2) is 39.0 Å². The van der Waals surface area contributed by atoms with Crippen molar-refractivity contribution in [3.63, 3.8) is 0 Å². The lowest BCUT2D eigenvalue weighted by atomic mass is 10.2. The maximum Gasteiger partial charge on any atom is 0.237 e. The average Bonchev–Trinajstić information content (AvgIpc) is 3.32. The molecule has 8 nitrogen and oxygen atoms in total. The van der Waals surface area contributed by atoms with E-state index in [9.17, 15) is 0 Å². The zero-order valence-corrected chi connectivity index (χ0v) is 14.9. The lowest BCUT2D eigenvalue weighted by molar-refractivity contribution is 0.388. The fraction of sp³-hybridized carbons (Fsp3) is 0.176. The van der Waals surface area contributed by atoms with Gasteiger partial charge in [-0.25, -0.2) is 0 Å². The summed E-state index contributed by atoms with van der Waals surface area (Å²) in [5.74, 6) is 2.76. The van der Waals surface area contributed by atoms with Gasteiger partial charge in [0.1, 0.15) is 11.5 Å². The largest absolute Gasteiger partial charge is 0.497 e. The van der Waals surface area contributed by atoms with Crippen molar-refractivity contribution in [2.75, 3.05) is 14.2 Å². The van der Waals surface area contributed by atoms with Gasteiger partial charge in [-0.15, -0.1) is 10.2 Å². The number of hydrogen-bond acceptors (Lipinski definition) is 8. The number of aromatic nitrogens is 5. The van der Waals surface area contributed by atoms with E-state index in [0.717, 1.165) is 16.4 Å². The summed E-state index contributed by atoms with van der Waals surface area (Å²) in [5, 5.41) is 13.1.